The molecule has 0 atom stereocenters. The highest BCUT2D eigenvalue weighted by Gasteiger charge is 2.31. The third-order valence-corrected chi connectivity index (χ3v) is 1.28. The van der Waals surface area contributed by atoms with Crippen LogP contribution in [0, 0.1) is 0 Å². The van der Waals surface area contributed by atoms with E-state index in [0.717, 1.165) is 11.3 Å². The van der Waals surface area contributed by atoms with Gasteiger partial charge in [0.05, 0.1) is 0 Å². The van der Waals surface area contributed by atoms with Crippen LogP contribution >= 0.6 is 0 Å². The van der Waals surface area contributed by atoms with Crippen LogP contribution in [0.1, 0.15) is 13.3 Å². The van der Waals surface area contributed by atoms with Crippen molar-refractivity contribution in [3.8, 4) is 0 Å². The highest BCUT2D eigenvalue weighted by molar-refractivity contribution is 4.59. The van der Waals surface area contributed by atoms with Gasteiger partial charge in [-0.05, 0) is 20.5 Å². The maximum absolute atomic E-state index is 12.7. The first-order valence-electron chi connectivity index (χ1n) is 3.63. The number of likely N-dealkylation sites (N-methyl/N-ethyl adjacent to an activating group) is 1. The monoisotopic (exact) mass is 167 g/mol. The quantitative estimate of drug-likeness (QED) is 0.455. The van der Waals surface area contributed by atoms with Gasteiger partial charge in [0.15, 0.2) is 0 Å². The fourth-order valence-corrected chi connectivity index (χ4v) is 0.468. The lowest BCUT2D eigenvalue weighted by atomic mass is 10.5. The molecule has 0 aromatic carbocycles. The summed E-state index contributed by atoms with van der Waals surface area (Å²) >= 11 is 0. The molecule has 0 heterocycles. The Labute approximate surface area is 66.1 Å². The van der Waals surface area contributed by atoms with E-state index in [1.807, 2.05) is 6.92 Å². The van der Waals surface area contributed by atoms with Crippen molar-refractivity contribution < 1.29 is 13.5 Å². The lowest BCUT2D eigenvalue weighted by molar-refractivity contribution is -0.166. The predicted molar refractivity (Wildman–Crippen MR) is 39.7 cm³/mol. The first-order valence-corrected chi connectivity index (χ1v) is 3.63. The highest BCUT2D eigenvalue weighted by atomic mass is 19.3. The van der Waals surface area contributed by atoms with Gasteiger partial charge in [-0.2, -0.15) is 8.78 Å². The van der Waals surface area contributed by atoms with Gasteiger partial charge in [0, 0.05) is 6.61 Å². The Morgan fingerprint density at radius 1 is 1.36 bits per heavy atom. The molecule has 0 saturated carbocycles. The Morgan fingerprint density at radius 2 is 1.91 bits per heavy atom. The number of halogens is 2. The smallest absolute Gasteiger partial charge is 0.327 e. The van der Waals surface area contributed by atoms with Crippen LogP contribution in [-0.2, 0) is 4.74 Å². The second-order valence-corrected chi connectivity index (χ2v) is 2.61. The summed E-state index contributed by atoms with van der Waals surface area (Å²) in [5, 5.41) is 0. The molecule has 0 aliphatic rings. The molecule has 0 aliphatic heterocycles. The molecule has 0 N–H and O–H groups in total. The zero-order valence-corrected chi connectivity index (χ0v) is 7.23. The van der Waals surface area contributed by atoms with E-state index in [9.17, 15) is 8.78 Å². The Morgan fingerprint density at radius 3 is 2.27 bits per heavy atom. The number of hydrogen-bond donors (Lipinski definition) is 0. The Balaban J connectivity index is 3.55. The standard InChI is InChI=1S/C7H15F2NO/c1-4-5-11-6-7(8,9)10(2)3/h4-6H2,1-3H3. The minimum absolute atomic E-state index is 0.392. The van der Waals surface area contributed by atoms with Crippen LogP contribution in [0.25, 0.3) is 0 Å². The zero-order valence-electron chi connectivity index (χ0n) is 7.23. The van der Waals surface area contributed by atoms with E-state index < -0.39 is 12.7 Å². The van der Waals surface area contributed by atoms with Crippen molar-refractivity contribution in [3.63, 3.8) is 0 Å². The van der Waals surface area contributed by atoms with Gasteiger partial charge in [-0.25, -0.2) is 4.90 Å². The molecular formula is C7H15F2NO. The van der Waals surface area contributed by atoms with E-state index in [0.29, 0.717) is 6.61 Å². The highest BCUT2D eigenvalue weighted by Crippen LogP contribution is 2.15. The molecule has 0 aliphatic carbocycles. The number of rotatable bonds is 5. The number of nitrogens with zero attached hydrogens (tertiary/aromatic N) is 1. The van der Waals surface area contributed by atoms with Crippen LogP contribution in [0.3, 0.4) is 0 Å². The molecular weight excluding hydrogens is 152 g/mol. The number of ether oxygens (including phenoxy) is 1. The molecule has 0 spiro atoms. The van der Waals surface area contributed by atoms with Crippen molar-refractivity contribution in [2.75, 3.05) is 27.3 Å². The fourth-order valence-electron chi connectivity index (χ4n) is 0.468. The van der Waals surface area contributed by atoms with Crippen molar-refractivity contribution in [3.05, 3.63) is 0 Å². The van der Waals surface area contributed by atoms with E-state index in [1.165, 1.54) is 14.1 Å². The summed E-state index contributed by atoms with van der Waals surface area (Å²) in [5.41, 5.74) is 0. The topological polar surface area (TPSA) is 12.5 Å². The van der Waals surface area contributed by atoms with Crippen molar-refractivity contribution in [1.29, 1.82) is 0 Å². The lowest BCUT2D eigenvalue weighted by Crippen LogP contribution is -2.39. The largest absolute Gasteiger partial charge is 0.374 e. The van der Waals surface area contributed by atoms with Gasteiger partial charge in [0.2, 0.25) is 0 Å². The summed E-state index contributed by atoms with van der Waals surface area (Å²) in [6.07, 6.45) is 0.767. The summed E-state index contributed by atoms with van der Waals surface area (Å²) in [4.78, 5) is 0.850. The van der Waals surface area contributed by atoms with Crippen LogP contribution in [0.15, 0.2) is 0 Å². The van der Waals surface area contributed by atoms with Crippen molar-refractivity contribution in [2.24, 2.45) is 0 Å². The third kappa shape index (κ3) is 4.27. The molecule has 0 bridgehead atoms. The van der Waals surface area contributed by atoms with Gasteiger partial charge in [0.1, 0.15) is 6.61 Å². The Kier molecular flexibility index (Phi) is 4.52. The molecule has 0 fully saturated rings. The summed E-state index contributed by atoms with van der Waals surface area (Å²) in [7, 11) is 2.66. The molecule has 0 radical (unpaired) electrons. The second-order valence-electron chi connectivity index (χ2n) is 2.61. The SMILES string of the molecule is CCCOCC(F)(F)N(C)C. The fraction of sp³-hybridized carbons (Fsp3) is 1.00. The van der Waals surface area contributed by atoms with E-state index >= 15 is 0 Å². The van der Waals surface area contributed by atoms with Crippen LogP contribution < -0.4 is 0 Å². The summed E-state index contributed by atoms with van der Waals surface area (Å²) in [6, 6.07) is -2.84. The predicted octanol–water partition coefficient (Wildman–Crippen LogP) is 1.57. The van der Waals surface area contributed by atoms with Crippen LogP contribution in [0.5, 0.6) is 0 Å². The maximum Gasteiger partial charge on any atom is 0.327 e. The van der Waals surface area contributed by atoms with Gasteiger partial charge in [-0.15, -0.1) is 0 Å². The maximum atomic E-state index is 12.7. The molecule has 0 amide bonds. The van der Waals surface area contributed by atoms with Crippen LogP contribution in [0.4, 0.5) is 8.78 Å². The minimum Gasteiger partial charge on any atom is -0.374 e. The Hall–Kier alpha value is -0.220. The molecule has 4 heteroatoms. The average Bonchev–Trinajstić information content (AvgIpc) is 1.88. The summed E-state index contributed by atoms with van der Waals surface area (Å²) in [5.74, 6) is 0. The first kappa shape index (κ1) is 10.8. The minimum atomic E-state index is -2.84. The molecule has 2 nitrogen and oxygen atoms in total. The van der Waals surface area contributed by atoms with Gasteiger partial charge in [0.25, 0.3) is 0 Å². The zero-order chi connectivity index (χ0) is 8.91. The Bertz CT molecular complexity index is 107. The van der Waals surface area contributed by atoms with Crippen molar-refractivity contribution >= 4 is 0 Å². The number of hydrogen-bond acceptors (Lipinski definition) is 2. The summed E-state index contributed by atoms with van der Waals surface area (Å²) < 4.78 is 30.1. The molecule has 68 valence electrons. The van der Waals surface area contributed by atoms with Crippen molar-refractivity contribution in [2.45, 2.75) is 19.4 Å². The van der Waals surface area contributed by atoms with Crippen LogP contribution in [0.2, 0.25) is 0 Å². The van der Waals surface area contributed by atoms with Crippen LogP contribution in [-0.4, -0.2) is 38.3 Å². The number of alkyl halides is 2. The third-order valence-electron chi connectivity index (χ3n) is 1.28. The van der Waals surface area contributed by atoms with Gasteiger partial charge in [-0.1, -0.05) is 6.92 Å². The molecule has 0 unspecified atom stereocenters. The first-order chi connectivity index (χ1) is 5.00. The molecule has 0 saturated heterocycles. The van der Waals surface area contributed by atoms with E-state index in [1.54, 1.807) is 0 Å². The van der Waals surface area contributed by atoms with E-state index in [2.05, 4.69) is 0 Å². The van der Waals surface area contributed by atoms with Gasteiger partial charge in [-0.3, -0.25) is 0 Å². The van der Waals surface area contributed by atoms with Gasteiger partial charge >= 0.3 is 6.05 Å². The molecule has 11 heavy (non-hydrogen) atoms. The van der Waals surface area contributed by atoms with Crippen molar-refractivity contribution in [1.82, 2.24) is 4.90 Å². The van der Waals surface area contributed by atoms with E-state index in [-0.39, 0.29) is 0 Å². The second kappa shape index (κ2) is 4.62. The summed E-state index contributed by atoms with van der Waals surface area (Å²) in [6.45, 7) is 1.76. The van der Waals surface area contributed by atoms with Gasteiger partial charge < -0.3 is 4.74 Å². The van der Waals surface area contributed by atoms with E-state index in [4.69, 9.17) is 4.74 Å². The molecule has 0 aromatic rings. The average molecular weight is 167 g/mol. The normalized spacial score (nSPS) is 12.5. The molecule has 0 aromatic heterocycles. The molecule has 0 rings (SSSR count). The lowest BCUT2D eigenvalue weighted by Gasteiger charge is -2.22.